The maximum atomic E-state index is 12.5. The van der Waals surface area contributed by atoms with E-state index in [9.17, 15) is 22.8 Å². The number of anilines is 1. The number of aromatic nitrogens is 1. The van der Waals surface area contributed by atoms with Crippen LogP contribution in [0.3, 0.4) is 0 Å². The highest BCUT2D eigenvalue weighted by Crippen LogP contribution is 2.30. The van der Waals surface area contributed by atoms with Crippen LogP contribution in [-0.2, 0) is 15.7 Å². The molecule has 1 aromatic heterocycles. The lowest BCUT2D eigenvalue weighted by Gasteiger charge is -2.35. The zero-order valence-corrected chi connectivity index (χ0v) is 19.1. The number of thioether (sulfide) groups is 1. The number of hydrogen-bond acceptors (Lipinski definition) is 5. The van der Waals surface area contributed by atoms with Gasteiger partial charge in [-0.05, 0) is 51.7 Å². The van der Waals surface area contributed by atoms with Crippen LogP contribution >= 0.6 is 11.8 Å². The van der Waals surface area contributed by atoms with Gasteiger partial charge in [-0.1, -0.05) is 6.92 Å². The lowest BCUT2D eigenvalue weighted by molar-refractivity contribution is -0.137. The maximum Gasteiger partial charge on any atom is 0.417 e. The van der Waals surface area contributed by atoms with Crippen LogP contribution in [-0.4, -0.2) is 51.6 Å². The van der Waals surface area contributed by atoms with Gasteiger partial charge >= 0.3 is 12.3 Å². The van der Waals surface area contributed by atoms with Gasteiger partial charge in [0.05, 0.1) is 5.56 Å². The smallest absolute Gasteiger partial charge is 0.417 e. The Morgan fingerprint density at radius 2 is 1.90 bits per heavy atom. The standard InChI is InChI=1S/C21H30F3N3O3S/c1-14(15-7-10-27(11-8-15)19(29)30-20(2,3)4)31-12-9-18(28)26-17-6-5-16(13-25-17)21(22,23)24/h5-6,13-15H,7-12H2,1-4H3,(H,25,26,28). The summed E-state index contributed by atoms with van der Waals surface area (Å²) in [6.45, 7) is 8.98. The van der Waals surface area contributed by atoms with Gasteiger partial charge in [-0.15, -0.1) is 0 Å². The predicted octanol–water partition coefficient (Wildman–Crippen LogP) is 5.20. The quantitative estimate of drug-likeness (QED) is 0.631. The molecule has 2 rings (SSSR count). The van der Waals surface area contributed by atoms with E-state index >= 15 is 0 Å². The predicted molar refractivity (Wildman–Crippen MR) is 115 cm³/mol. The molecule has 1 saturated heterocycles. The zero-order chi connectivity index (χ0) is 23.2. The fourth-order valence-electron chi connectivity index (χ4n) is 3.19. The van der Waals surface area contributed by atoms with Gasteiger partial charge in [-0.2, -0.15) is 24.9 Å². The topological polar surface area (TPSA) is 71.5 Å². The van der Waals surface area contributed by atoms with Crippen molar-refractivity contribution in [1.82, 2.24) is 9.88 Å². The lowest BCUT2D eigenvalue weighted by Crippen LogP contribution is -2.43. The average molecular weight is 462 g/mol. The van der Waals surface area contributed by atoms with Crippen LogP contribution in [0.15, 0.2) is 18.3 Å². The highest BCUT2D eigenvalue weighted by Gasteiger charge is 2.31. The molecule has 1 aromatic rings. The lowest BCUT2D eigenvalue weighted by atomic mass is 9.94. The molecule has 0 aliphatic carbocycles. The first-order valence-electron chi connectivity index (χ1n) is 10.3. The van der Waals surface area contributed by atoms with Gasteiger partial charge in [0.1, 0.15) is 11.4 Å². The molecule has 1 aliphatic rings. The van der Waals surface area contributed by atoms with Crippen molar-refractivity contribution in [3.63, 3.8) is 0 Å². The third-order valence-electron chi connectivity index (χ3n) is 4.92. The minimum Gasteiger partial charge on any atom is -0.444 e. The molecule has 2 heterocycles. The number of carbonyl (C=O) groups is 2. The summed E-state index contributed by atoms with van der Waals surface area (Å²) in [4.78, 5) is 29.6. The van der Waals surface area contributed by atoms with Crippen LogP contribution in [0.1, 0.15) is 52.5 Å². The van der Waals surface area contributed by atoms with Crippen LogP contribution in [0.2, 0.25) is 0 Å². The fraction of sp³-hybridized carbons (Fsp3) is 0.667. The molecule has 10 heteroatoms. The van der Waals surface area contributed by atoms with E-state index in [1.165, 1.54) is 0 Å². The van der Waals surface area contributed by atoms with Crippen molar-refractivity contribution in [2.45, 2.75) is 64.0 Å². The largest absolute Gasteiger partial charge is 0.444 e. The SMILES string of the molecule is CC(SCCC(=O)Nc1ccc(C(F)(F)F)cn1)C1CCN(C(=O)OC(C)(C)C)CC1. The number of piperidine rings is 1. The third kappa shape index (κ3) is 8.59. The number of halogens is 3. The summed E-state index contributed by atoms with van der Waals surface area (Å²) in [6.07, 6.45) is -2.01. The highest BCUT2D eigenvalue weighted by atomic mass is 32.2. The number of carbonyl (C=O) groups excluding carboxylic acids is 2. The minimum absolute atomic E-state index is 0.102. The Hall–Kier alpha value is -1.97. The number of alkyl halides is 3. The van der Waals surface area contributed by atoms with E-state index in [1.807, 2.05) is 20.8 Å². The summed E-state index contributed by atoms with van der Waals surface area (Å²) in [5.74, 6) is 0.862. The number of amides is 2. The van der Waals surface area contributed by atoms with E-state index < -0.39 is 17.3 Å². The molecule has 174 valence electrons. The first kappa shape index (κ1) is 25.3. The summed E-state index contributed by atoms with van der Waals surface area (Å²) in [6, 6.07) is 2.04. The summed E-state index contributed by atoms with van der Waals surface area (Å²) in [5.41, 5.74) is -1.36. The Labute approximate surface area is 185 Å². The van der Waals surface area contributed by atoms with Crippen LogP contribution in [0, 0.1) is 5.92 Å². The molecule has 1 unspecified atom stereocenters. The number of likely N-dealkylation sites (tertiary alicyclic amines) is 1. The van der Waals surface area contributed by atoms with Gasteiger partial charge < -0.3 is 15.0 Å². The van der Waals surface area contributed by atoms with Crippen LogP contribution in [0.4, 0.5) is 23.8 Å². The number of pyridine rings is 1. The van der Waals surface area contributed by atoms with E-state index in [1.54, 1.807) is 16.7 Å². The highest BCUT2D eigenvalue weighted by molar-refractivity contribution is 7.99. The van der Waals surface area contributed by atoms with Crippen molar-refractivity contribution in [1.29, 1.82) is 0 Å². The number of rotatable bonds is 6. The van der Waals surface area contributed by atoms with Gasteiger partial charge in [0.2, 0.25) is 5.91 Å². The Kier molecular flexibility index (Phi) is 8.62. The Morgan fingerprint density at radius 3 is 2.42 bits per heavy atom. The van der Waals surface area contributed by atoms with Crippen molar-refractivity contribution in [3.05, 3.63) is 23.9 Å². The average Bonchev–Trinajstić information content (AvgIpc) is 2.66. The molecule has 1 atom stereocenters. The first-order chi connectivity index (χ1) is 14.3. The first-order valence-corrected chi connectivity index (χ1v) is 11.3. The number of ether oxygens (including phenoxy) is 1. The van der Waals surface area contributed by atoms with E-state index in [4.69, 9.17) is 4.74 Å². The second kappa shape index (κ2) is 10.6. The summed E-state index contributed by atoms with van der Waals surface area (Å²) in [5, 5.41) is 2.85. The molecule has 6 nitrogen and oxygen atoms in total. The van der Waals surface area contributed by atoms with Gasteiger partial charge in [0, 0.05) is 36.7 Å². The molecular formula is C21H30F3N3O3S. The molecule has 0 aromatic carbocycles. The molecule has 1 aliphatic heterocycles. The zero-order valence-electron chi connectivity index (χ0n) is 18.3. The Balaban J connectivity index is 1.68. The molecule has 0 saturated carbocycles. The summed E-state index contributed by atoms with van der Waals surface area (Å²) < 4.78 is 43.1. The molecule has 0 radical (unpaired) electrons. The van der Waals surface area contributed by atoms with Crippen molar-refractivity contribution in [2.24, 2.45) is 5.92 Å². The van der Waals surface area contributed by atoms with Crippen molar-refractivity contribution in [3.8, 4) is 0 Å². The second-order valence-electron chi connectivity index (χ2n) is 8.61. The van der Waals surface area contributed by atoms with Crippen molar-refractivity contribution >= 4 is 29.6 Å². The molecule has 1 N–H and O–H groups in total. The molecule has 2 amide bonds. The maximum absolute atomic E-state index is 12.5. The van der Waals surface area contributed by atoms with Crippen LogP contribution in [0.25, 0.3) is 0 Å². The summed E-state index contributed by atoms with van der Waals surface area (Å²) >= 11 is 1.68. The molecule has 0 bridgehead atoms. The van der Waals surface area contributed by atoms with Gasteiger partial charge in [0.25, 0.3) is 0 Å². The van der Waals surface area contributed by atoms with Crippen LogP contribution in [0.5, 0.6) is 0 Å². The number of nitrogens with zero attached hydrogens (tertiary/aromatic N) is 2. The van der Waals surface area contributed by atoms with E-state index in [0.717, 1.165) is 25.0 Å². The van der Waals surface area contributed by atoms with E-state index in [0.29, 0.717) is 36.2 Å². The number of hydrogen-bond donors (Lipinski definition) is 1. The summed E-state index contributed by atoms with van der Waals surface area (Å²) in [7, 11) is 0. The monoisotopic (exact) mass is 461 g/mol. The van der Waals surface area contributed by atoms with Crippen molar-refractivity contribution in [2.75, 3.05) is 24.2 Å². The molecule has 1 fully saturated rings. The number of nitrogens with one attached hydrogen (secondary N) is 1. The van der Waals surface area contributed by atoms with Gasteiger partial charge in [-0.3, -0.25) is 4.79 Å². The van der Waals surface area contributed by atoms with Gasteiger partial charge in [0.15, 0.2) is 0 Å². The van der Waals surface area contributed by atoms with Crippen molar-refractivity contribution < 1.29 is 27.5 Å². The Bertz CT molecular complexity index is 743. The minimum atomic E-state index is -4.45. The second-order valence-corrected chi connectivity index (χ2v) is 10.1. The normalized spacial score (nSPS) is 16.7. The van der Waals surface area contributed by atoms with Gasteiger partial charge in [-0.25, -0.2) is 9.78 Å². The van der Waals surface area contributed by atoms with Crippen LogP contribution < -0.4 is 5.32 Å². The molecule has 0 spiro atoms. The van der Waals surface area contributed by atoms with E-state index in [-0.39, 0.29) is 24.2 Å². The molecule has 31 heavy (non-hydrogen) atoms. The Morgan fingerprint density at radius 1 is 1.26 bits per heavy atom. The molecular weight excluding hydrogens is 431 g/mol. The third-order valence-corrected chi connectivity index (χ3v) is 6.27. The van der Waals surface area contributed by atoms with E-state index in [2.05, 4.69) is 17.2 Å². The fourth-order valence-corrected chi connectivity index (χ4v) is 4.41.